The second kappa shape index (κ2) is 9.99. The molecule has 5 atom stereocenters. The molecule has 13 heteroatoms. The van der Waals surface area contributed by atoms with Crippen molar-refractivity contribution in [3.8, 4) is 5.75 Å². The molecule has 1 N–H and O–H groups in total. The zero-order chi connectivity index (χ0) is 27.7. The quantitative estimate of drug-likeness (QED) is 0.467. The number of halogens is 5. The van der Waals surface area contributed by atoms with E-state index in [-0.39, 0.29) is 33.3 Å². The van der Waals surface area contributed by atoms with Gasteiger partial charge in [-0.25, -0.2) is 30.3 Å². The number of rotatable bonds is 4. The van der Waals surface area contributed by atoms with Crippen LogP contribution in [0.25, 0.3) is 0 Å². The molecule has 3 aliphatic rings. The zero-order valence-corrected chi connectivity index (χ0v) is 21.9. The Morgan fingerprint density at radius 3 is 2.33 bits per heavy atom. The topological polar surface area (TPSA) is 89.5 Å². The van der Waals surface area contributed by atoms with E-state index in [2.05, 4.69) is 4.72 Å². The van der Waals surface area contributed by atoms with Crippen LogP contribution >= 0.6 is 0 Å². The van der Waals surface area contributed by atoms with E-state index in [1.54, 1.807) is 0 Å². The van der Waals surface area contributed by atoms with E-state index >= 15 is 4.39 Å². The monoisotopic (exact) mass is 595 g/mol. The minimum Gasteiger partial charge on any atom is -0.490 e. The minimum atomic E-state index is -4.70. The first-order valence-corrected chi connectivity index (χ1v) is 15.3. The Morgan fingerprint density at radius 2 is 1.72 bits per heavy atom. The Hall–Kier alpha value is -2.25. The van der Waals surface area contributed by atoms with Crippen molar-refractivity contribution >= 4 is 19.9 Å². The molecule has 0 spiro atoms. The Bertz CT molecular complexity index is 1460. The summed E-state index contributed by atoms with van der Waals surface area (Å²) in [5.74, 6) is -4.10. The minimum absolute atomic E-state index is 0. The summed E-state index contributed by atoms with van der Waals surface area (Å²) in [5, 5.41) is -0.808. The Labute approximate surface area is 224 Å². The van der Waals surface area contributed by atoms with Gasteiger partial charge in [0.15, 0.2) is 21.4 Å². The SMILES string of the molecule is C.CCC[C@@H]1C[C@@H]2[C@@H](CC[C@@]3(S(=O)(=O)c4ccc(C(F)(F)F)cc4)c4c(F)ccc(F)c4OC[C@@H]23)NS1(=O)=O. The first-order valence-electron chi connectivity index (χ1n) is 12.3. The van der Waals surface area contributed by atoms with Gasteiger partial charge in [-0.3, -0.25) is 0 Å². The molecule has 2 aromatic rings. The number of sulfone groups is 1. The number of benzene rings is 2. The summed E-state index contributed by atoms with van der Waals surface area (Å²) in [5.41, 5.74) is -1.55. The number of hydrogen-bond donors (Lipinski definition) is 1. The number of alkyl halides is 3. The maximum atomic E-state index is 15.5. The molecular weight excluding hydrogens is 565 g/mol. The highest BCUT2D eigenvalue weighted by Gasteiger charge is 2.64. The molecule has 0 aromatic heterocycles. The molecule has 2 heterocycles. The fourth-order valence-electron chi connectivity index (χ4n) is 6.51. The van der Waals surface area contributed by atoms with E-state index in [9.17, 15) is 34.4 Å². The molecule has 39 heavy (non-hydrogen) atoms. The Morgan fingerprint density at radius 1 is 1.08 bits per heavy atom. The lowest BCUT2D eigenvalue weighted by molar-refractivity contribution is -0.137. The molecule has 1 saturated heterocycles. The number of fused-ring (bicyclic) bond motifs is 5. The van der Waals surface area contributed by atoms with Crippen LogP contribution in [0.1, 0.15) is 57.6 Å². The molecule has 0 radical (unpaired) electrons. The van der Waals surface area contributed by atoms with E-state index in [0.717, 1.165) is 24.3 Å². The molecule has 0 amide bonds. The van der Waals surface area contributed by atoms with Crippen LogP contribution in [0.15, 0.2) is 41.3 Å². The van der Waals surface area contributed by atoms with Gasteiger partial charge in [0.05, 0.1) is 27.9 Å². The van der Waals surface area contributed by atoms with Crippen molar-refractivity contribution in [3.05, 3.63) is 59.2 Å². The predicted molar refractivity (Wildman–Crippen MR) is 134 cm³/mol. The van der Waals surface area contributed by atoms with Gasteiger partial charge in [0.1, 0.15) is 10.6 Å². The van der Waals surface area contributed by atoms with Gasteiger partial charge >= 0.3 is 6.18 Å². The van der Waals surface area contributed by atoms with Gasteiger partial charge in [0, 0.05) is 12.0 Å². The average molecular weight is 596 g/mol. The molecule has 0 bridgehead atoms. The smallest absolute Gasteiger partial charge is 0.416 e. The Balaban J connectivity index is 0.00000353. The summed E-state index contributed by atoms with van der Waals surface area (Å²) in [6.07, 6.45) is -3.99. The second-order valence-electron chi connectivity index (χ2n) is 10.2. The van der Waals surface area contributed by atoms with Gasteiger partial charge in [0.2, 0.25) is 10.0 Å². The van der Waals surface area contributed by atoms with Gasteiger partial charge in [-0.15, -0.1) is 0 Å². The third-order valence-corrected chi connectivity index (χ3v) is 12.7. The maximum absolute atomic E-state index is 15.5. The maximum Gasteiger partial charge on any atom is 0.416 e. The van der Waals surface area contributed by atoms with Crippen molar-refractivity contribution < 1.29 is 43.5 Å². The van der Waals surface area contributed by atoms with Crippen LogP contribution in [-0.2, 0) is 30.8 Å². The molecule has 2 fully saturated rings. The van der Waals surface area contributed by atoms with Crippen LogP contribution in [0.5, 0.6) is 5.75 Å². The highest BCUT2D eigenvalue weighted by atomic mass is 32.2. The van der Waals surface area contributed by atoms with Gasteiger partial charge in [-0.05, 0) is 68.0 Å². The van der Waals surface area contributed by atoms with E-state index in [4.69, 9.17) is 4.74 Å². The Kier molecular flexibility index (Phi) is 7.61. The first-order chi connectivity index (χ1) is 17.7. The van der Waals surface area contributed by atoms with Crippen LogP contribution in [0.4, 0.5) is 22.0 Å². The lowest BCUT2D eigenvalue weighted by Crippen LogP contribution is -2.63. The largest absolute Gasteiger partial charge is 0.490 e. The second-order valence-corrected chi connectivity index (χ2v) is 14.4. The summed E-state index contributed by atoms with van der Waals surface area (Å²) >= 11 is 0. The highest BCUT2D eigenvalue weighted by molar-refractivity contribution is 7.92. The van der Waals surface area contributed by atoms with Crippen molar-refractivity contribution in [1.29, 1.82) is 0 Å². The highest BCUT2D eigenvalue weighted by Crippen LogP contribution is 2.59. The lowest BCUT2D eigenvalue weighted by atomic mass is 9.64. The number of hydrogen-bond acceptors (Lipinski definition) is 5. The molecule has 2 aliphatic heterocycles. The number of ether oxygens (including phenoxy) is 1. The van der Waals surface area contributed by atoms with Crippen molar-refractivity contribution in [2.75, 3.05) is 6.61 Å². The van der Waals surface area contributed by atoms with Crippen LogP contribution in [0.2, 0.25) is 0 Å². The van der Waals surface area contributed by atoms with Gasteiger partial charge in [0.25, 0.3) is 0 Å². The van der Waals surface area contributed by atoms with E-state index in [1.165, 1.54) is 0 Å². The standard InChI is InChI=1S/C25H26F5NO5S2.CH4/c1-2-3-16-12-17-18-13-36-23-20(27)9-8-19(26)22(23)24(18,11-10-21(17)31-38(16,34)35)37(32,33)15-6-4-14(5-7-15)25(28,29)30;/h4-9,16-18,21,31H,2-3,10-13H2,1H3;1H4/t16-,17+,18+,21-,24+;/m1./s1. The molecule has 2 aromatic carbocycles. The summed E-state index contributed by atoms with van der Waals surface area (Å²) in [4.78, 5) is -0.466. The summed E-state index contributed by atoms with van der Waals surface area (Å²) in [6, 6.07) is 3.91. The van der Waals surface area contributed by atoms with Gasteiger partial charge < -0.3 is 4.74 Å². The van der Waals surface area contributed by atoms with Gasteiger partial charge in [-0.1, -0.05) is 20.8 Å². The van der Waals surface area contributed by atoms with E-state index in [1.807, 2.05) is 6.92 Å². The number of nitrogens with one attached hydrogen (secondary N) is 1. The van der Waals surface area contributed by atoms with Crippen LogP contribution in [-0.4, -0.2) is 34.7 Å². The summed E-state index contributed by atoms with van der Waals surface area (Å²) in [6.45, 7) is 1.49. The molecule has 216 valence electrons. The van der Waals surface area contributed by atoms with E-state index < -0.39 is 87.3 Å². The molecule has 1 saturated carbocycles. The fourth-order valence-corrected chi connectivity index (χ4v) is 10.8. The van der Waals surface area contributed by atoms with Crippen LogP contribution < -0.4 is 9.46 Å². The lowest BCUT2D eigenvalue weighted by Gasteiger charge is -2.54. The average Bonchev–Trinajstić information content (AvgIpc) is 2.85. The normalized spacial score (nSPS) is 29.7. The van der Waals surface area contributed by atoms with Crippen molar-refractivity contribution in [2.24, 2.45) is 11.8 Å². The van der Waals surface area contributed by atoms with Crippen molar-refractivity contribution in [2.45, 2.75) is 73.6 Å². The van der Waals surface area contributed by atoms with Gasteiger partial charge in [-0.2, -0.15) is 13.2 Å². The van der Waals surface area contributed by atoms with Crippen LogP contribution in [0.3, 0.4) is 0 Å². The fraction of sp³-hybridized carbons (Fsp3) is 0.538. The van der Waals surface area contributed by atoms with E-state index in [0.29, 0.717) is 25.0 Å². The molecular formula is C26H30F5NO5S2. The third kappa shape index (κ3) is 4.54. The molecule has 5 rings (SSSR count). The van der Waals surface area contributed by atoms with Crippen molar-refractivity contribution in [3.63, 3.8) is 0 Å². The third-order valence-electron chi connectivity index (χ3n) is 8.22. The summed E-state index contributed by atoms with van der Waals surface area (Å²) in [7, 11) is -8.32. The predicted octanol–water partition coefficient (Wildman–Crippen LogP) is 5.57. The first kappa shape index (κ1) is 29.7. The van der Waals surface area contributed by atoms with Crippen LogP contribution in [0, 0.1) is 23.5 Å². The zero-order valence-electron chi connectivity index (χ0n) is 20.3. The summed E-state index contributed by atoms with van der Waals surface area (Å²) < 4.78 is 130. The molecule has 0 unspecified atom stereocenters. The number of sulfonamides is 1. The molecule has 1 aliphatic carbocycles. The molecule has 6 nitrogen and oxygen atoms in total. The van der Waals surface area contributed by atoms with Crippen molar-refractivity contribution in [1.82, 2.24) is 4.72 Å².